The second-order valence-electron chi connectivity index (χ2n) is 1.58. The van der Waals surface area contributed by atoms with E-state index in [0.717, 1.165) is 0 Å². The molecule has 2 nitrogen and oxygen atoms in total. The van der Waals surface area contributed by atoms with Crippen molar-refractivity contribution in [3.05, 3.63) is 23.3 Å². The zero-order valence-electron chi connectivity index (χ0n) is 4.63. The first-order valence-corrected chi connectivity index (χ1v) is 2.86. The minimum Gasteiger partial charge on any atom is -0.457 e. The summed E-state index contributed by atoms with van der Waals surface area (Å²) >= 11 is 5.52. The molecule has 0 bridgehead atoms. The molecule has 0 N–H and O–H groups in total. The zero-order chi connectivity index (χ0) is 6.69. The lowest BCUT2D eigenvalue weighted by molar-refractivity contribution is -0.136. The van der Waals surface area contributed by atoms with Gasteiger partial charge in [0.2, 0.25) is 0 Å². The molecule has 0 fully saturated rings. The molecule has 0 radical (unpaired) electrons. The number of halogens is 1. The molecule has 1 heterocycles. The number of carbonyl (C=O) groups excluding carboxylic acids is 1. The average molecular weight is 145 g/mol. The lowest BCUT2D eigenvalue weighted by Crippen LogP contribution is -1.99. The van der Waals surface area contributed by atoms with Crippen LogP contribution in [0.4, 0.5) is 0 Å². The smallest absolute Gasteiger partial charge is 0.331 e. The van der Waals surface area contributed by atoms with Crippen molar-refractivity contribution in [2.45, 2.75) is 0 Å². The summed E-state index contributed by atoms with van der Waals surface area (Å²) in [5, 5.41) is 0.539. The largest absolute Gasteiger partial charge is 0.457 e. The Bertz CT molecular complexity index is 181. The van der Waals surface area contributed by atoms with Crippen LogP contribution < -0.4 is 0 Å². The second kappa shape index (κ2) is 2.69. The van der Waals surface area contributed by atoms with Crippen molar-refractivity contribution < 1.29 is 9.53 Å². The lowest BCUT2D eigenvalue weighted by atomic mass is 10.4. The molecule has 9 heavy (non-hydrogen) atoms. The van der Waals surface area contributed by atoms with Gasteiger partial charge in [-0.3, -0.25) is 0 Å². The summed E-state index contributed by atoms with van der Waals surface area (Å²) in [6.45, 7) is 0.188. The molecular formula is C6H5ClO2. The van der Waals surface area contributed by atoms with Crippen LogP contribution in [-0.2, 0) is 9.53 Å². The molecular weight excluding hydrogens is 140 g/mol. The van der Waals surface area contributed by atoms with Gasteiger partial charge in [0.15, 0.2) is 0 Å². The van der Waals surface area contributed by atoms with Gasteiger partial charge in [-0.25, -0.2) is 4.79 Å². The van der Waals surface area contributed by atoms with Crippen molar-refractivity contribution in [3.8, 4) is 0 Å². The Balaban J connectivity index is 2.65. The van der Waals surface area contributed by atoms with Gasteiger partial charge in [0.05, 0.1) is 5.03 Å². The Hall–Kier alpha value is -0.760. The standard InChI is InChI=1S/C6H5ClO2/c7-5-2-1-3-6(8)9-4-5/h1-3H,4H2. The first kappa shape index (κ1) is 6.36. The molecule has 0 spiro atoms. The van der Waals surface area contributed by atoms with E-state index < -0.39 is 0 Å². The molecule has 0 saturated heterocycles. The number of ether oxygens (including phenoxy) is 1. The highest BCUT2D eigenvalue weighted by Crippen LogP contribution is 2.05. The molecule has 0 aromatic heterocycles. The maximum absolute atomic E-state index is 10.4. The Labute approximate surface area is 57.8 Å². The third-order valence-corrected chi connectivity index (χ3v) is 1.10. The molecule has 1 aliphatic heterocycles. The van der Waals surface area contributed by atoms with Crippen LogP contribution in [0, 0.1) is 0 Å². The summed E-state index contributed by atoms with van der Waals surface area (Å²) in [5.74, 6) is -0.345. The molecule has 0 amide bonds. The normalized spacial score (nSPS) is 18.3. The zero-order valence-corrected chi connectivity index (χ0v) is 5.39. The molecule has 0 saturated carbocycles. The van der Waals surface area contributed by atoms with E-state index in [4.69, 9.17) is 11.6 Å². The molecule has 0 atom stereocenters. The number of rotatable bonds is 0. The van der Waals surface area contributed by atoms with Gasteiger partial charge < -0.3 is 4.74 Å². The minimum atomic E-state index is -0.345. The molecule has 48 valence electrons. The van der Waals surface area contributed by atoms with Crippen molar-refractivity contribution >= 4 is 17.6 Å². The topological polar surface area (TPSA) is 26.3 Å². The van der Waals surface area contributed by atoms with E-state index in [1.165, 1.54) is 6.08 Å². The van der Waals surface area contributed by atoms with Crippen LogP contribution in [0.3, 0.4) is 0 Å². The first-order chi connectivity index (χ1) is 4.29. The maximum Gasteiger partial charge on any atom is 0.331 e. The van der Waals surface area contributed by atoms with E-state index >= 15 is 0 Å². The van der Waals surface area contributed by atoms with Crippen LogP contribution >= 0.6 is 11.6 Å². The van der Waals surface area contributed by atoms with Crippen molar-refractivity contribution in [3.63, 3.8) is 0 Å². The van der Waals surface area contributed by atoms with Gasteiger partial charge >= 0.3 is 5.97 Å². The maximum atomic E-state index is 10.4. The number of hydrogen-bond acceptors (Lipinski definition) is 2. The molecule has 1 rings (SSSR count). The number of carbonyl (C=O) groups is 1. The summed E-state index contributed by atoms with van der Waals surface area (Å²) in [7, 11) is 0. The van der Waals surface area contributed by atoms with Gasteiger partial charge in [0.1, 0.15) is 6.61 Å². The monoisotopic (exact) mass is 144 g/mol. The van der Waals surface area contributed by atoms with Crippen LogP contribution in [0.15, 0.2) is 23.3 Å². The predicted octanol–water partition coefficient (Wildman–Crippen LogP) is 1.22. The summed E-state index contributed by atoms with van der Waals surface area (Å²) in [4.78, 5) is 10.4. The lowest BCUT2D eigenvalue weighted by Gasteiger charge is -1.94. The summed E-state index contributed by atoms with van der Waals surface area (Å²) in [5.41, 5.74) is 0. The van der Waals surface area contributed by atoms with Gasteiger partial charge in [-0.2, -0.15) is 0 Å². The second-order valence-corrected chi connectivity index (χ2v) is 2.07. The molecule has 1 aliphatic rings. The highest BCUT2D eigenvalue weighted by atomic mass is 35.5. The van der Waals surface area contributed by atoms with Crippen LogP contribution in [-0.4, -0.2) is 12.6 Å². The SMILES string of the molecule is O=C1C=CC=C(Cl)CO1. The Kier molecular flexibility index (Phi) is 1.90. The summed E-state index contributed by atoms with van der Waals surface area (Å²) in [6.07, 6.45) is 4.53. The molecule has 0 aliphatic carbocycles. The summed E-state index contributed by atoms with van der Waals surface area (Å²) in [6, 6.07) is 0. The fourth-order valence-corrected chi connectivity index (χ4v) is 0.595. The Morgan fingerprint density at radius 1 is 1.67 bits per heavy atom. The average Bonchev–Trinajstić information content (AvgIpc) is 1.97. The number of allylic oxidation sites excluding steroid dienone is 2. The van der Waals surface area contributed by atoms with Crippen molar-refractivity contribution in [2.24, 2.45) is 0 Å². The summed E-state index contributed by atoms with van der Waals surface area (Å²) < 4.78 is 4.59. The van der Waals surface area contributed by atoms with E-state index in [1.54, 1.807) is 12.2 Å². The van der Waals surface area contributed by atoms with E-state index in [-0.39, 0.29) is 12.6 Å². The quantitative estimate of drug-likeness (QED) is 0.478. The van der Waals surface area contributed by atoms with E-state index in [9.17, 15) is 4.79 Å². The van der Waals surface area contributed by atoms with Crippen LogP contribution in [0.1, 0.15) is 0 Å². The van der Waals surface area contributed by atoms with Gasteiger partial charge in [-0.15, -0.1) is 0 Å². The number of hydrogen-bond donors (Lipinski definition) is 0. The van der Waals surface area contributed by atoms with Gasteiger partial charge in [0, 0.05) is 6.08 Å². The first-order valence-electron chi connectivity index (χ1n) is 2.48. The van der Waals surface area contributed by atoms with E-state index in [2.05, 4.69) is 4.74 Å². The highest BCUT2D eigenvalue weighted by molar-refractivity contribution is 6.30. The van der Waals surface area contributed by atoms with Gasteiger partial charge in [-0.05, 0) is 6.08 Å². The molecule has 0 aromatic carbocycles. The van der Waals surface area contributed by atoms with Gasteiger partial charge in [-0.1, -0.05) is 17.7 Å². The van der Waals surface area contributed by atoms with Crippen LogP contribution in [0.25, 0.3) is 0 Å². The fraction of sp³-hybridized carbons (Fsp3) is 0.167. The molecule has 3 heteroatoms. The van der Waals surface area contributed by atoms with Crippen LogP contribution in [0.2, 0.25) is 0 Å². The number of cyclic esters (lactones) is 1. The number of esters is 1. The van der Waals surface area contributed by atoms with Crippen molar-refractivity contribution in [1.29, 1.82) is 0 Å². The van der Waals surface area contributed by atoms with Gasteiger partial charge in [0.25, 0.3) is 0 Å². The third kappa shape index (κ3) is 1.90. The molecule has 0 aromatic rings. The Morgan fingerprint density at radius 3 is 3.22 bits per heavy atom. The minimum absolute atomic E-state index is 0.188. The Morgan fingerprint density at radius 2 is 2.44 bits per heavy atom. The van der Waals surface area contributed by atoms with E-state index in [1.807, 2.05) is 0 Å². The van der Waals surface area contributed by atoms with Crippen molar-refractivity contribution in [2.75, 3.05) is 6.61 Å². The van der Waals surface area contributed by atoms with E-state index in [0.29, 0.717) is 5.03 Å². The van der Waals surface area contributed by atoms with Crippen molar-refractivity contribution in [1.82, 2.24) is 0 Å². The van der Waals surface area contributed by atoms with Crippen LogP contribution in [0.5, 0.6) is 0 Å². The molecule has 0 unspecified atom stereocenters. The fourth-order valence-electron chi connectivity index (χ4n) is 0.467. The predicted molar refractivity (Wildman–Crippen MR) is 34.0 cm³/mol. The highest BCUT2D eigenvalue weighted by Gasteiger charge is 2.00. The third-order valence-electron chi connectivity index (χ3n) is 0.862.